The number of amides is 1. The Morgan fingerprint density at radius 1 is 0.967 bits per heavy atom. The maximum atomic E-state index is 13.2. The average molecular weight is 430 g/mol. The smallest absolute Gasteiger partial charge is 0.251 e. The number of aryl methyl sites for hydroxylation is 3. The van der Waals surface area contributed by atoms with Crippen LogP contribution in [0.5, 0.6) is 0 Å². The first kappa shape index (κ1) is 22.5. The summed E-state index contributed by atoms with van der Waals surface area (Å²) in [6, 6.07) is 10.9. The van der Waals surface area contributed by atoms with Gasteiger partial charge < -0.3 is 10.2 Å². The van der Waals surface area contributed by atoms with Crippen molar-refractivity contribution in [2.24, 2.45) is 0 Å². The lowest BCUT2D eigenvalue weighted by molar-refractivity contribution is 0.0939. The summed E-state index contributed by atoms with van der Waals surface area (Å²) in [5.41, 5.74) is 4.29. The van der Waals surface area contributed by atoms with E-state index in [0.29, 0.717) is 37.3 Å². The van der Waals surface area contributed by atoms with Crippen LogP contribution in [-0.2, 0) is 10.0 Å². The predicted octanol–water partition coefficient (Wildman–Crippen LogP) is 3.04. The largest absolute Gasteiger partial charge is 0.346 e. The van der Waals surface area contributed by atoms with E-state index in [9.17, 15) is 13.2 Å². The lowest BCUT2D eigenvalue weighted by atomic mass is 9.99. The minimum absolute atomic E-state index is 0.184. The van der Waals surface area contributed by atoms with Crippen LogP contribution in [0.15, 0.2) is 41.3 Å². The highest BCUT2D eigenvalue weighted by Gasteiger charge is 2.29. The molecule has 1 N–H and O–H groups in total. The van der Waals surface area contributed by atoms with Crippen molar-refractivity contribution in [2.75, 3.05) is 33.2 Å². The van der Waals surface area contributed by atoms with Gasteiger partial charge in [-0.1, -0.05) is 29.8 Å². The average Bonchev–Trinajstić information content (AvgIpc) is 2.70. The highest BCUT2D eigenvalue weighted by Crippen LogP contribution is 2.24. The zero-order valence-corrected chi connectivity index (χ0v) is 19.2. The summed E-state index contributed by atoms with van der Waals surface area (Å²) in [5, 5.41) is 3.01. The molecule has 0 saturated carbocycles. The topological polar surface area (TPSA) is 69.7 Å². The normalized spacial score (nSPS) is 17.0. The molecule has 0 bridgehead atoms. The Morgan fingerprint density at radius 3 is 2.27 bits per heavy atom. The van der Waals surface area contributed by atoms with E-state index in [1.807, 2.05) is 40.0 Å². The van der Waals surface area contributed by atoms with E-state index in [-0.39, 0.29) is 16.8 Å². The highest BCUT2D eigenvalue weighted by molar-refractivity contribution is 7.89. The number of nitrogens with zero attached hydrogens (tertiary/aromatic N) is 2. The zero-order chi connectivity index (χ0) is 22.1. The van der Waals surface area contributed by atoms with E-state index in [1.54, 1.807) is 19.1 Å². The molecule has 0 aliphatic carbocycles. The predicted molar refractivity (Wildman–Crippen MR) is 119 cm³/mol. The molecular formula is C23H31N3O3S. The van der Waals surface area contributed by atoms with Gasteiger partial charge in [0.15, 0.2) is 0 Å². The number of likely N-dealkylation sites (N-methyl/N-ethyl adjacent to an activating group) is 1. The summed E-state index contributed by atoms with van der Waals surface area (Å²) < 4.78 is 27.9. The van der Waals surface area contributed by atoms with Gasteiger partial charge in [0.25, 0.3) is 5.91 Å². The van der Waals surface area contributed by atoms with E-state index in [4.69, 9.17) is 0 Å². The first-order chi connectivity index (χ1) is 14.1. The molecule has 0 spiro atoms. The molecule has 1 saturated heterocycles. The SMILES string of the molecule is Cc1ccc(C)c([C@@H](C)NC(=O)c2ccc(C)c(S(=O)(=O)N3CCN(C)CC3)c2)c1. The van der Waals surface area contributed by atoms with Crippen LogP contribution in [-0.4, -0.2) is 56.8 Å². The number of nitrogens with one attached hydrogen (secondary N) is 1. The first-order valence-electron chi connectivity index (χ1n) is 10.3. The van der Waals surface area contributed by atoms with E-state index in [2.05, 4.69) is 16.3 Å². The molecule has 1 fully saturated rings. The van der Waals surface area contributed by atoms with Gasteiger partial charge in [-0.15, -0.1) is 0 Å². The van der Waals surface area contributed by atoms with Gasteiger partial charge in [0.05, 0.1) is 10.9 Å². The molecule has 2 aromatic rings. The number of carbonyl (C=O) groups excluding carboxylic acids is 1. The van der Waals surface area contributed by atoms with Gasteiger partial charge in [0.2, 0.25) is 10.0 Å². The maximum Gasteiger partial charge on any atom is 0.251 e. The van der Waals surface area contributed by atoms with Crippen LogP contribution in [0.25, 0.3) is 0 Å². The van der Waals surface area contributed by atoms with Crippen LogP contribution in [0.2, 0.25) is 0 Å². The third-order valence-corrected chi connectivity index (χ3v) is 7.82. The summed E-state index contributed by atoms with van der Waals surface area (Å²) in [4.78, 5) is 15.2. The molecule has 1 aliphatic rings. The second kappa shape index (κ2) is 8.88. The third-order valence-electron chi connectivity index (χ3n) is 5.78. The summed E-state index contributed by atoms with van der Waals surface area (Å²) in [6.45, 7) is 10.1. The fourth-order valence-electron chi connectivity index (χ4n) is 3.77. The molecule has 30 heavy (non-hydrogen) atoms. The van der Waals surface area contributed by atoms with Crippen molar-refractivity contribution in [1.82, 2.24) is 14.5 Å². The van der Waals surface area contributed by atoms with Crippen molar-refractivity contribution in [2.45, 2.75) is 38.6 Å². The van der Waals surface area contributed by atoms with Gasteiger partial charge in [-0.25, -0.2) is 8.42 Å². The summed E-state index contributed by atoms with van der Waals surface area (Å²) >= 11 is 0. The van der Waals surface area contributed by atoms with Crippen molar-refractivity contribution in [3.05, 3.63) is 64.2 Å². The molecule has 3 rings (SSSR count). The van der Waals surface area contributed by atoms with Crippen LogP contribution in [0, 0.1) is 20.8 Å². The van der Waals surface area contributed by atoms with E-state index < -0.39 is 10.0 Å². The molecule has 6 nitrogen and oxygen atoms in total. The van der Waals surface area contributed by atoms with E-state index >= 15 is 0 Å². The second-order valence-corrected chi connectivity index (χ2v) is 10.1. The first-order valence-corrected chi connectivity index (χ1v) is 11.7. The van der Waals surface area contributed by atoms with E-state index in [1.165, 1.54) is 10.4 Å². The fourth-order valence-corrected chi connectivity index (χ4v) is 5.44. The Bertz CT molecular complexity index is 1040. The fraction of sp³-hybridized carbons (Fsp3) is 0.435. The monoisotopic (exact) mass is 429 g/mol. The molecule has 0 radical (unpaired) electrons. The van der Waals surface area contributed by atoms with Crippen molar-refractivity contribution in [3.8, 4) is 0 Å². The van der Waals surface area contributed by atoms with Crippen molar-refractivity contribution in [3.63, 3.8) is 0 Å². The molecule has 0 aromatic heterocycles. The van der Waals surface area contributed by atoms with Gasteiger partial charge in [0.1, 0.15) is 0 Å². The van der Waals surface area contributed by atoms with Gasteiger partial charge in [-0.2, -0.15) is 4.31 Å². The molecule has 162 valence electrons. The van der Waals surface area contributed by atoms with E-state index in [0.717, 1.165) is 16.7 Å². The summed E-state index contributed by atoms with van der Waals surface area (Å²) in [6.07, 6.45) is 0. The van der Waals surface area contributed by atoms with Crippen molar-refractivity contribution >= 4 is 15.9 Å². The lowest BCUT2D eigenvalue weighted by Gasteiger charge is -2.32. The molecule has 1 amide bonds. The number of hydrogen-bond donors (Lipinski definition) is 1. The molecule has 0 unspecified atom stereocenters. The number of hydrogen-bond acceptors (Lipinski definition) is 4. The zero-order valence-electron chi connectivity index (χ0n) is 18.4. The Balaban J connectivity index is 1.83. The Hall–Kier alpha value is -2.22. The number of sulfonamides is 1. The molecule has 2 aromatic carbocycles. The number of carbonyl (C=O) groups is 1. The molecular weight excluding hydrogens is 398 g/mol. The van der Waals surface area contributed by atoms with Gasteiger partial charge in [-0.05, 0) is 63.6 Å². The Morgan fingerprint density at radius 2 is 1.60 bits per heavy atom. The quantitative estimate of drug-likeness (QED) is 0.793. The lowest BCUT2D eigenvalue weighted by Crippen LogP contribution is -2.47. The number of benzene rings is 2. The summed E-state index contributed by atoms with van der Waals surface area (Å²) in [7, 11) is -1.66. The Labute approximate surface area is 179 Å². The molecule has 1 atom stereocenters. The van der Waals surface area contributed by atoms with Crippen LogP contribution in [0.1, 0.15) is 45.6 Å². The molecule has 1 heterocycles. The number of rotatable bonds is 5. The molecule has 1 aliphatic heterocycles. The van der Waals surface area contributed by atoms with Crippen LogP contribution < -0.4 is 5.32 Å². The minimum atomic E-state index is -3.64. The second-order valence-electron chi connectivity index (χ2n) is 8.24. The third kappa shape index (κ3) is 4.74. The maximum absolute atomic E-state index is 13.2. The van der Waals surface area contributed by atoms with Gasteiger partial charge in [-0.3, -0.25) is 4.79 Å². The van der Waals surface area contributed by atoms with Crippen molar-refractivity contribution < 1.29 is 13.2 Å². The van der Waals surface area contributed by atoms with Crippen molar-refractivity contribution in [1.29, 1.82) is 0 Å². The van der Waals surface area contributed by atoms with Gasteiger partial charge in [0, 0.05) is 31.7 Å². The summed E-state index contributed by atoms with van der Waals surface area (Å²) in [5.74, 6) is -0.279. The minimum Gasteiger partial charge on any atom is -0.346 e. The Kier molecular flexibility index (Phi) is 6.65. The van der Waals surface area contributed by atoms with Crippen LogP contribution in [0.4, 0.5) is 0 Å². The van der Waals surface area contributed by atoms with Gasteiger partial charge >= 0.3 is 0 Å². The standard InChI is InChI=1S/C23H31N3O3S/c1-16-6-7-17(2)21(14-16)19(4)24-23(27)20-9-8-18(3)22(15-20)30(28,29)26-12-10-25(5)11-13-26/h6-9,14-15,19H,10-13H2,1-5H3,(H,24,27)/t19-/m1/s1. The van der Waals surface area contributed by atoms with Crippen LogP contribution in [0.3, 0.4) is 0 Å². The molecule has 7 heteroatoms. The number of piperazine rings is 1. The highest BCUT2D eigenvalue weighted by atomic mass is 32.2. The van der Waals surface area contributed by atoms with Crippen LogP contribution >= 0.6 is 0 Å².